The topological polar surface area (TPSA) is 53.0 Å². The van der Waals surface area contributed by atoms with Gasteiger partial charge in [0.15, 0.2) is 0 Å². The van der Waals surface area contributed by atoms with E-state index in [0.717, 1.165) is 18.7 Å². The monoisotopic (exact) mass is 464 g/mol. The molecule has 0 spiro atoms. The highest BCUT2D eigenvalue weighted by Crippen LogP contribution is 2.34. The third kappa shape index (κ3) is 6.69. The summed E-state index contributed by atoms with van der Waals surface area (Å²) in [7, 11) is 0. The van der Waals surface area contributed by atoms with Gasteiger partial charge in [-0.15, -0.1) is 11.3 Å². The van der Waals surface area contributed by atoms with E-state index in [1.54, 1.807) is 23.5 Å². The molecule has 2 heterocycles. The minimum atomic E-state index is -0.416. The summed E-state index contributed by atoms with van der Waals surface area (Å²) in [6.07, 6.45) is 1.14. The van der Waals surface area contributed by atoms with Crippen LogP contribution < -0.4 is 4.74 Å². The third-order valence-corrected chi connectivity index (χ3v) is 6.81. The first-order chi connectivity index (χ1) is 14.9. The molecule has 3 rings (SSSR count). The lowest BCUT2D eigenvalue weighted by atomic mass is 10.00. The van der Waals surface area contributed by atoms with E-state index in [1.165, 1.54) is 10.4 Å². The number of rotatable bonds is 10. The van der Waals surface area contributed by atoms with Crippen LogP contribution in [0, 0.1) is 5.92 Å². The highest BCUT2D eigenvalue weighted by molar-refractivity contribution is 7.10. The zero-order chi connectivity index (χ0) is 22.4. The molecule has 1 aromatic carbocycles. The first-order valence-electron chi connectivity index (χ1n) is 11.0. The van der Waals surface area contributed by atoms with Gasteiger partial charge < -0.3 is 14.7 Å². The van der Waals surface area contributed by atoms with Crippen LogP contribution in [0.3, 0.4) is 0 Å². The number of ether oxygens (including phenoxy) is 1. The molecule has 5 nitrogen and oxygen atoms in total. The molecule has 1 amide bonds. The Labute approximate surface area is 194 Å². The summed E-state index contributed by atoms with van der Waals surface area (Å²) in [5.41, 5.74) is 1.18. The fourth-order valence-corrected chi connectivity index (χ4v) is 5.06. The lowest BCUT2D eigenvalue weighted by Gasteiger charge is -2.37. The second-order valence-corrected chi connectivity index (χ2v) is 10.0. The third-order valence-electron chi connectivity index (χ3n) is 5.56. The highest BCUT2D eigenvalue weighted by atomic mass is 35.5. The molecule has 31 heavy (non-hydrogen) atoms. The van der Waals surface area contributed by atoms with Gasteiger partial charge in [-0.3, -0.25) is 9.69 Å². The fraction of sp³-hybridized carbons (Fsp3) is 0.542. The molecule has 1 aliphatic heterocycles. The van der Waals surface area contributed by atoms with Crippen molar-refractivity contribution in [3.05, 3.63) is 51.2 Å². The summed E-state index contributed by atoms with van der Waals surface area (Å²) < 4.78 is 6.06. The number of hydrogen-bond donors (Lipinski definition) is 1. The van der Waals surface area contributed by atoms with Gasteiger partial charge in [-0.2, -0.15) is 0 Å². The molecule has 1 aliphatic rings. The van der Waals surface area contributed by atoms with Crippen LogP contribution in [0.25, 0.3) is 0 Å². The normalized spacial score (nSPS) is 17.1. The lowest BCUT2D eigenvalue weighted by Crippen LogP contribution is -2.48. The molecular weight excluding hydrogens is 432 g/mol. The number of amides is 1. The smallest absolute Gasteiger partial charge is 0.237 e. The van der Waals surface area contributed by atoms with Gasteiger partial charge in [-0.05, 0) is 60.0 Å². The molecule has 7 heteroatoms. The van der Waals surface area contributed by atoms with Gasteiger partial charge in [-0.25, -0.2) is 0 Å². The maximum absolute atomic E-state index is 13.4. The van der Waals surface area contributed by atoms with E-state index in [4.69, 9.17) is 16.3 Å². The van der Waals surface area contributed by atoms with Gasteiger partial charge in [0, 0.05) is 29.5 Å². The van der Waals surface area contributed by atoms with Crippen LogP contribution in [0.4, 0.5) is 0 Å². The molecule has 1 N–H and O–H groups in total. The van der Waals surface area contributed by atoms with E-state index < -0.39 is 6.10 Å². The van der Waals surface area contributed by atoms with Crippen LogP contribution >= 0.6 is 22.9 Å². The minimum absolute atomic E-state index is 0.0884. The van der Waals surface area contributed by atoms with Crippen LogP contribution in [0.15, 0.2) is 35.7 Å². The van der Waals surface area contributed by atoms with Crippen LogP contribution in [-0.2, 0) is 11.2 Å². The van der Waals surface area contributed by atoms with Crippen LogP contribution in [0.2, 0.25) is 5.02 Å². The summed E-state index contributed by atoms with van der Waals surface area (Å²) in [6, 6.07) is 9.31. The zero-order valence-corrected chi connectivity index (χ0v) is 20.2. The number of hydrogen-bond acceptors (Lipinski definition) is 5. The van der Waals surface area contributed by atoms with Crippen LogP contribution in [-0.4, -0.2) is 59.7 Å². The van der Waals surface area contributed by atoms with Gasteiger partial charge >= 0.3 is 0 Å². The fourth-order valence-electron chi connectivity index (χ4n) is 4.01. The Bertz CT molecular complexity index is 840. The van der Waals surface area contributed by atoms with Crippen molar-refractivity contribution in [2.75, 3.05) is 32.8 Å². The van der Waals surface area contributed by atoms with Crippen molar-refractivity contribution in [1.29, 1.82) is 0 Å². The largest absolute Gasteiger partial charge is 0.491 e. The first kappa shape index (κ1) is 24.1. The molecule has 0 aliphatic carbocycles. The van der Waals surface area contributed by atoms with Crippen molar-refractivity contribution < 1.29 is 14.6 Å². The number of thiophene rings is 1. The second-order valence-electron chi connectivity index (χ2n) is 8.57. The van der Waals surface area contributed by atoms with Crippen molar-refractivity contribution in [3.63, 3.8) is 0 Å². The molecule has 0 radical (unpaired) electrons. The number of nitrogens with zero attached hydrogens (tertiary/aromatic N) is 2. The van der Waals surface area contributed by atoms with Crippen molar-refractivity contribution in [3.8, 4) is 5.75 Å². The van der Waals surface area contributed by atoms with Gasteiger partial charge in [0.25, 0.3) is 0 Å². The standard InChI is InChI=1S/C24H33ClN2O3S/c1-4-19(28)14-26(13-17(2)3)15-24(29)27-11-9-23-21(10-12-31-23)22(27)16-30-20-7-5-18(25)6-8-20/h5-8,10,12,17,19,22,28H,4,9,11,13-16H2,1-3H3. The van der Waals surface area contributed by atoms with Gasteiger partial charge in [0.2, 0.25) is 5.91 Å². The Hall–Kier alpha value is -1.60. The molecule has 2 atom stereocenters. The number of fused-ring (bicyclic) bond motifs is 1. The first-order valence-corrected chi connectivity index (χ1v) is 12.3. The molecule has 0 saturated heterocycles. The van der Waals surface area contributed by atoms with Crippen LogP contribution in [0.1, 0.15) is 43.7 Å². The number of aliphatic hydroxyl groups excluding tert-OH is 1. The summed E-state index contributed by atoms with van der Waals surface area (Å²) in [5, 5.41) is 12.9. The van der Waals surface area contributed by atoms with E-state index in [0.29, 0.717) is 43.6 Å². The van der Waals surface area contributed by atoms with Crippen molar-refractivity contribution in [1.82, 2.24) is 9.80 Å². The zero-order valence-electron chi connectivity index (χ0n) is 18.6. The molecular formula is C24H33ClN2O3S. The van der Waals surface area contributed by atoms with E-state index >= 15 is 0 Å². The molecule has 2 unspecified atom stereocenters. The Kier molecular flexibility index (Phi) is 8.78. The molecule has 170 valence electrons. The Morgan fingerprint density at radius 2 is 2.03 bits per heavy atom. The van der Waals surface area contributed by atoms with E-state index in [1.807, 2.05) is 24.0 Å². The lowest BCUT2D eigenvalue weighted by molar-refractivity contribution is -0.136. The van der Waals surface area contributed by atoms with Crippen LogP contribution in [0.5, 0.6) is 5.75 Å². The summed E-state index contributed by atoms with van der Waals surface area (Å²) in [5.74, 6) is 1.25. The average Bonchev–Trinajstić information content (AvgIpc) is 3.21. The summed E-state index contributed by atoms with van der Waals surface area (Å²) >= 11 is 7.72. The molecule has 1 aromatic heterocycles. The average molecular weight is 465 g/mol. The second kappa shape index (κ2) is 11.3. The quantitative estimate of drug-likeness (QED) is 0.556. The summed E-state index contributed by atoms with van der Waals surface area (Å²) in [6.45, 7) is 8.94. The number of benzene rings is 1. The summed E-state index contributed by atoms with van der Waals surface area (Å²) in [4.78, 5) is 18.8. The Morgan fingerprint density at radius 3 is 2.71 bits per heavy atom. The van der Waals surface area contributed by atoms with Gasteiger partial charge in [0.05, 0.1) is 18.7 Å². The number of carbonyl (C=O) groups is 1. The molecule has 2 aromatic rings. The molecule has 0 fully saturated rings. The number of halogens is 1. The maximum Gasteiger partial charge on any atom is 0.237 e. The maximum atomic E-state index is 13.4. The Morgan fingerprint density at radius 1 is 1.29 bits per heavy atom. The predicted octanol–water partition coefficient (Wildman–Crippen LogP) is 4.64. The Balaban J connectivity index is 1.73. The van der Waals surface area contributed by atoms with Crippen molar-refractivity contribution in [2.45, 2.75) is 45.8 Å². The minimum Gasteiger partial charge on any atom is -0.491 e. The molecule has 0 bridgehead atoms. The van der Waals surface area contributed by atoms with E-state index in [2.05, 4.69) is 30.2 Å². The number of carbonyl (C=O) groups excluding carboxylic acids is 1. The van der Waals surface area contributed by atoms with Gasteiger partial charge in [0.1, 0.15) is 12.4 Å². The van der Waals surface area contributed by atoms with E-state index in [-0.39, 0.29) is 11.9 Å². The highest BCUT2D eigenvalue weighted by Gasteiger charge is 2.33. The predicted molar refractivity (Wildman–Crippen MR) is 127 cm³/mol. The van der Waals surface area contributed by atoms with Crippen molar-refractivity contribution >= 4 is 28.8 Å². The van der Waals surface area contributed by atoms with E-state index in [9.17, 15) is 9.90 Å². The van der Waals surface area contributed by atoms with Gasteiger partial charge in [-0.1, -0.05) is 32.4 Å². The van der Waals surface area contributed by atoms with Crippen molar-refractivity contribution in [2.24, 2.45) is 5.92 Å². The number of aliphatic hydroxyl groups is 1. The molecule has 0 saturated carbocycles. The SMILES string of the molecule is CCC(O)CN(CC(=O)N1CCc2sccc2C1COc1ccc(Cl)cc1)CC(C)C.